The maximum atomic E-state index is 11.0. The fraction of sp³-hybridized carbons (Fsp3) is 0.625. The third-order valence-electron chi connectivity index (χ3n) is 7.01. The van der Waals surface area contributed by atoms with Crippen LogP contribution in [0.3, 0.4) is 0 Å². The molecule has 3 heterocycles. The van der Waals surface area contributed by atoms with Crippen LogP contribution in [0.1, 0.15) is 51.1 Å². The number of ether oxygens (including phenoxy) is 2. The number of carbonyl (C=O) groups excluding carboxylic acids is 2. The molecule has 1 unspecified atom stereocenters. The highest BCUT2D eigenvalue weighted by molar-refractivity contribution is 5.82. The summed E-state index contributed by atoms with van der Waals surface area (Å²) < 4.78 is 12.7. The van der Waals surface area contributed by atoms with E-state index in [4.69, 9.17) is 15.2 Å². The Morgan fingerprint density at radius 1 is 1.29 bits per heavy atom. The largest absolute Gasteiger partial charge is 0.468 e. The Hall–Kier alpha value is -3.23. The number of aromatic nitrogens is 4. The molecule has 1 amide bonds. The molecule has 11 nitrogen and oxygen atoms in total. The quantitative estimate of drug-likeness (QED) is 0.415. The average Bonchev–Trinajstić information content (AvgIpc) is 3.40. The number of imidazole rings is 1. The van der Waals surface area contributed by atoms with Crippen molar-refractivity contribution >= 4 is 29.9 Å². The lowest BCUT2D eigenvalue weighted by molar-refractivity contribution is -0.130. The smallest absolute Gasteiger partial charge is 0.293 e. The number of anilines is 1. The highest BCUT2D eigenvalue weighted by Gasteiger charge is 2.42. The van der Waals surface area contributed by atoms with Gasteiger partial charge in [0.1, 0.15) is 17.8 Å². The molecule has 0 bridgehead atoms. The Morgan fingerprint density at radius 3 is 2.74 bits per heavy atom. The van der Waals surface area contributed by atoms with Crippen molar-refractivity contribution in [3.8, 4) is 11.8 Å². The molecule has 0 spiro atoms. The number of carbonyl (C=O) groups is 2. The summed E-state index contributed by atoms with van der Waals surface area (Å²) in [5.74, 6) is 7.46. The van der Waals surface area contributed by atoms with Crippen molar-refractivity contribution in [1.82, 2.24) is 24.4 Å². The van der Waals surface area contributed by atoms with Crippen molar-refractivity contribution in [1.29, 1.82) is 0 Å². The van der Waals surface area contributed by atoms with E-state index in [2.05, 4.69) is 26.8 Å². The first-order chi connectivity index (χ1) is 16.9. The summed E-state index contributed by atoms with van der Waals surface area (Å²) in [6, 6.07) is 0. The fourth-order valence-corrected chi connectivity index (χ4v) is 4.92. The van der Waals surface area contributed by atoms with Crippen LogP contribution in [-0.2, 0) is 19.1 Å². The molecule has 2 aliphatic rings. The van der Waals surface area contributed by atoms with Gasteiger partial charge in [-0.05, 0) is 43.4 Å². The van der Waals surface area contributed by atoms with Gasteiger partial charge in [0.2, 0.25) is 12.2 Å². The van der Waals surface area contributed by atoms with Crippen LogP contribution in [0, 0.1) is 29.6 Å². The van der Waals surface area contributed by atoms with Crippen LogP contribution in [0.2, 0.25) is 0 Å². The standard InChI is InChI=1S/C24H32N6O5/c1-15-21(33)18(10-29(2)13-31)35-24(15)30-12-26-20-22(25)27-19(28-23(20)30)5-3-4-16-6-8-17(9-7-16)11-34-14-32/h12-18,21,24,33H,4,6-11H2,1-2H3,(H2,25,27,28)/t15?,16?,17?,18-,21+,24-/m1/s1. The number of amides is 1. The third kappa shape index (κ3) is 5.55. The first-order valence-corrected chi connectivity index (χ1v) is 11.9. The number of fused-ring (bicyclic) bond motifs is 1. The molecule has 1 saturated heterocycles. The van der Waals surface area contributed by atoms with Crippen LogP contribution in [0.25, 0.3) is 11.2 Å². The van der Waals surface area contributed by atoms with Crippen molar-refractivity contribution < 1.29 is 24.2 Å². The van der Waals surface area contributed by atoms with Crippen molar-refractivity contribution in [3.05, 3.63) is 12.2 Å². The molecule has 4 atom stereocenters. The van der Waals surface area contributed by atoms with E-state index in [1.54, 1.807) is 17.9 Å². The summed E-state index contributed by atoms with van der Waals surface area (Å²) in [6.07, 6.45) is 5.39. The Morgan fingerprint density at radius 2 is 2.03 bits per heavy atom. The molecule has 1 saturated carbocycles. The number of nitrogens with zero attached hydrogens (tertiary/aromatic N) is 5. The minimum Gasteiger partial charge on any atom is -0.468 e. The highest BCUT2D eigenvalue weighted by Crippen LogP contribution is 2.36. The van der Waals surface area contributed by atoms with Gasteiger partial charge in [0, 0.05) is 25.9 Å². The molecule has 2 fully saturated rings. The van der Waals surface area contributed by atoms with Crippen LogP contribution in [0.5, 0.6) is 0 Å². The van der Waals surface area contributed by atoms with E-state index in [0.29, 0.717) is 48.3 Å². The van der Waals surface area contributed by atoms with Crippen molar-refractivity contribution in [2.75, 3.05) is 25.9 Å². The maximum Gasteiger partial charge on any atom is 0.293 e. The Bertz CT molecular complexity index is 1100. The average molecular weight is 485 g/mol. The Kier molecular flexibility index (Phi) is 7.83. The van der Waals surface area contributed by atoms with Crippen molar-refractivity contribution in [2.45, 2.75) is 57.5 Å². The van der Waals surface area contributed by atoms with Gasteiger partial charge < -0.3 is 25.2 Å². The van der Waals surface area contributed by atoms with Crippen LogP contribution in [0.15, 0.2) is 6.33 Å². The summed E-state index contributed by atoms with van der Waals surface area (Å²) in [5, 5.41) is 10.6. The van der Waals surface area contributed by atoms with Gasteiger partial charge in [0.15, 0.2) is 11.5 Å². The number of hydrogen-bond acceptors (Lipinski definition) is 9. The summed E-state index contributed by atoms with van der Waals surface area (Å²) in [6.45, 7) is 3.17. The van der Waals surface area contributed by atoms with E-state index >= 15 is 0 Å². The molecule has 188 valence electrons. The van der Waals surface area contributed by atoms with E-state index in [1.807, 2.05) is 6.92 Å². The predicted octanol–water partition coefficient (Wildman–Crippen LogP) is 1.11. The number of hydrogen-bond donors (Lipinski definition) is 2. The van der Waals surface area contributed by atoms with E-state index in [-0.39, 0.29) is 18.3 Å². The number of nitrogen functional groups attached to an aromatic ring is 1. The van der Waals surface area contributed by atoms with E-state index < -0.39 is 18.4 Å². The molecule has 11 heteroatoms. The highest BCUT2D eigenvalue weighted by atomic mass is 16.5. The van der Waals surface area contributed by atoms with Crippen LogP contribution < -0.4 is 5.73 Å². The number of aliphatic hydroxyl groups excluding tert-OH is 1. The second-order valence-corrected chi connectivity index (χ2v) is 9.54. The van der Waals surface area contributed by atoms with Crippen molar-refractivity contribution in [2.24, 2.45) is 17.8 Å². The molecular formula is C24H32N6O5. The first-order valence-electron chi connectivity index (χ1n) is 11.9. The van der Waals surface area contributed by atoms with Gasteiger partial charge in [-0.1, -0.05) is 12.8 Å². The lowest BCUT2D eigenvalue weighted by atomic mass is 9.81. The van der Waals surface area contributed by atoms with Gasteiger partial charge in [0.25, 0.3) is 6.47 Å². The predicted molar refractivity (Wildman–Crippen MR) is 126 cm³/mol. The zero-order valence-electron chi connectivity index (χ0n) is 20.0. The molecule has 4 rings (SSSR count). The van der Waals surface area contributed by atoms with Gasteiger partial charge in [-0.15, -0.1) is 0 Å². The fourth-order valence-electron chi connectivity index (χ4n) is 4.92. The van der Waals surface area contributed by atoms with E-state index in [1.165, 1.54) is 4.90 Å². The van der Waals surface area contributed by atoms with Crippen LogP contribution in [0.4, 0.5) is 5.82 Å². The van der Waals surface area contributed by atoms with Crippen molar-refractivity contribution in [3.63, 3.8) is 0 Å². The molecule has 0 radical (unpaired) electrons. The van der Waals surface area contributed by atoms with Gasteiger partial charge in [-0.2, -0.15) is 0 Å². The minimum absolute atomic E-state index is 0.233. The molecular weight excluding hydrogens is 452 g/mol. The summed E-state index contributed by atoms with van der Waals surface area (Å²) in [4.78, 5) is 36.0. The summed E-state index contributed by atoms with van der Waals surface area (Å²) in [7, 11) is 1.64. The van der Waals surface area contributed by atoms with Gasteiger partial charge in [0.05, 0.1) is 19.0 Å². The van der Waals surface area contributed by atoms with Crippen LogP contribution in [-0.4, -0.2) is 74.8 Å². The minimum atomic E-state index is -0.751. The van der Waals surface area contributed by atoms with Crippen LogP contribution >= 0.6 is 0 Å². The maximum absolute atomic E-state index is 11.0. The lowest BCUT2D eigenvalue weighted by Gasteiger charge is -2.26. The molecule has 1 aliphatic heterocycles. The van der Waals surface area contributed by atoms with Gasteiger partial charge in [-0.25, -0.2) is 15.0 Å². The first kappa shape index (κ1) is 24.9. The van der Waals surface area contributed by atoms with Gasteiger partial charge in [-0.3, -0.25) is 14.2 Å². The molecule has 1 aliphatic carbocycles. The lowest BCUT2D eigenvalue weighted by Crippen LogP contribution is -2.35. The second kappa shape index (κ2) is 11.0. The number of aliphatic hydroxyl groups is 1. The monoisotopic (exact) mass is 484 g/mol. The van der Waals surface area contributed by atoms with E-state index in [0.717, 1.165) is 32.1 Å². The molecule has 35 heavy (non-hydrogen) atoms. The Balaban J connectivity index is 1.46. The zero-order valence-corrected chi connectivity index (χ0v) is 20.0. The van der Waals surface area contributed by atoms with E-state index in [9.17, 15) is 14.7 Å². The molecule has 0 aromatic carbocycles. The topological polar surface area (TPSA) is 146 Å². The normalized spacial score (nSPS) is 28.3. The summed E-state index contributed by atoms with van der Waals surface area (Å²) >= 11 is 0. The molecule has 2 aromatic rings. The van der Waals surface area contributed by atoms with Gasteiger partial charge >= 0.3 is 0 Å². The second-order valence-electron chi connectivity index (χ2n) is 9.54. The zero-order chi connectivity index (χ0) is 24.9. The number of nitrogens with two attached hydrogens (primary N) is 1. The Labute approximate surface area is 204 Å². The SMILES string of the molecule is CC1[C@H](n2cnc3c(N)nc(C#CCC4CCC(COC=O)CC4)nc32)O[C@H](CN(C)C=O)[C@H]1O. The summed E-state index contributed by atoms with van der Waals surface area (Å²) in [5.41, 5.74) is 7.09. The number of likely N-dealkylation sites (N-methyl/N-ethyl adjacent to an activating group) is 1. The molecule has 3 N–H and O–H groups in total. The molecule has 2 aromatic heterocycles. The third-order valence-corrected chi connectivity index (χ3v) is 7.01. The number of rotatable bonds is 8.